The number of nitrogens with two attached hydrogens (primary N) is 1. The molecule has 17 heavy (non-hydrogen) atoms. The van der Waals surface area contributed by atoms with Gasteiger partial charge in [-0.25, -0.2) is 0 Å². The Hall–Kier alpha value is -0.0300. The van der Waals surface area contributed by atoms with E-state index in [2.05, 4.69) is 34.1 Å². The van der Waals surface area contributed by atoms with Crippen molar-refractivity contribution in [3.05, 3.63) is 28.2 Å². The highest BCUT2D eigenvalue weighted by Gasteiger charge is 2.17. The van der Waals surface area contributed by atoms with Crippen LogP contribution in [0.3, 0.4) is 0 Å². The van der Waals surface area contributed by atoms with Gasteiger partial charge in [0.25, 0.3) is 0 Å². The van der Waals surface area contributed by atoms with Gasteiger partial charge in [0.05, 0.1) is 0 Å². The molecule has 2 rings (SSSR count). The summed E-state index contributed by atoms with van der Waals surface area (Å²) in [6.45, 7) is 3.82. The Bertz CT molecular complexity index is 378. The Morgan fingerprint density at radius 3 is 2.76 bits per heavy atom. The van der Waals surface area contributed by atoms with Crippen molar-refractivity contribution < 1.29 is 4.74 Å². The van der Waals surface area contributed by atoms with Gasteiger partial charge >= 0.3 is 0 Å². The fourth-order valence-corrected chi connectivity index (χ4v) is 3.84. The first-order valence-electron chi connectivity index (χ1n) is 5.96. The Balaban J connectivity index is 2.14. The Labute approximate surface area is 115 Å². The van der Waals surface area contributed by atoms with Crippen LogP contribution in [0.5, 0.6) is 0 Å². The van der Waals surface area contributed by atoms with Crippen LogP contribution in [0, 0.1) is 0 Å². The van der Waals surface area contributed by atoms with E-state index in [-0.39, 0.29) is 6.04 Å². The first-order valence-corrected chi connectivity index (χ1v) is 7.63. The van der Waals surface area contributed by atoms with Gasteiger partial charge in [-0.15, -0.1) is 11.8 Å². The highest BCUT2D eigenvalue weighted by molar-refractivity contribution is 9.10. The first-order chi connectivity index (χ1) is 8.16. The molecule has 1 unspecified atom stereocenters. The van der Waals surface area contributed by atoms with Crippen molar-refractivity contribution in [2.75, 3.05) is 13.2 Å². The van der Waals surface area contributed by atoms with Crippen LogP contribution in [0.2, 0.25) is 0 Å². The molecule has 1 aromatic rings. The topological polar surface area (TPSA) is 35.2 Å². The number of halogens is 1. The predicted molar refractivity (Wildman–Crippen MR) is 76.4 cm³/mol. The van der Waals surface area contributed by atoms with Gasteiger partial charge in [0.1, 0.15) is 0 Å². The zero-order valence-corrected chi connectivity index (χ0v) is 12.4. The van der Waals surface area contributed by atoms with E-state index in [0.29, 0.717) is 5.25 Å². The van der Waals surface area contributed by atoms with Crippen molar-refractivity contribution in [1.29, 1.82) is 0 Å². The largest absolute Gasteiger partial charge is 0.381 e. The van der Waals surface area contributed by atoms with Crippen molar-refractivity contribution in [3.8, 4) is 0 Å². The summed E-state index contributed by atoms with van der Waals surface area (Å²) >= 11 is 5.48. The van der Waals surface area contributed by atoms with Gasteiger partial charge in [0, 0.05) is 33.9 Å². The molecule has 94 valence electrons. The smallest absolute Gasteiger partial charge is 0.0476 e. The molecule has 0 aliphatic carbocycles. The molecule has 0 aromatic heterocycles. The minimum atomic E-state index is 0.0884. The van der Waals surface area contributed by atoms with Gasteiger partial charge in [-0.1, -0.05) is 22.0 Å². The highest BCUT2D eigenvalue weighted by atomic mass is 79.9. The lowest BCUT2D eigenvalue weighted by molar-refractivity contribution is 0.1000. The van der Waals surface area contributed by atoms with Crippen LogP contribution in [0.25, 0.3) is 0 Å². The zero-order valence-electron chi connectivity index (χ0n) is 9.99. The van der Waals surface area contributed by atoms with Crippen molar-refractivity contribution >= 4 is 27.7 Å². The quantitative estimate of drug-likeness (QED) is 0.922. The molecular weight excluding hydrogens is 298 g/mol. The van der Waals surface area contributed by atoms with Gasteiger partial charge < -0.3 is 10.5 Å². The molecule has 0 radical (unpaired) electrons. The van der Waals surface area contributed by atoms with Crippen LogP contribution in [0.15, 0.2) is 27.6 Å². The van der Waals surface area contributed by atoms with Gasteiger partial charge in [0.15, 0.2) is 0 Å². The molecule has 0 amide bonds. The maximum Gasteiger partial charge on any atom is 0.0476 e. The van der Waals surface area contributed by atoms with Gasteiger partial charge in [0.2, 0.25) is 0 Å². The van der Waals surface area contributed by atoms with Crippen molar-refractivity contribution in [2.45, 2.75) is 36.0 Å². The lowest BCUT2D eigenvalue weighted by Crippen LogP contribution is -2.18. The zero-order chi connectivity index (χ0) is 12.3. The van der Waals surface area contributed by atoms with Gasteiger partial charge in [-0.05, 0) is 37.5 Å². The van der Waals surface area contributed by atoms with E-state index < -0.39 is 0 Å². The fourth-order valence-electron chi connectivity index (χ4n) is 1.96. The average molecular weight is 316 g/mol. The SMILES string of the molecule is CC(N)c1ccc(Br)cc1SC1CCOCC1. The lowest BCUT2D eigenvalue weighted by Gasteiger charge is -2.23. The summed E-state index contributed by atoms with van der Waals surface area (Å²) in [7, 11) is 0. The minimum absolute atomic E-state index is 0.0884. The molecule has 1 saturated heterocycles. The maximum atomic E-state index is 6.02. The van der Waals surface area contributed by atoms with E-state index in [9.17, 15) is 0 Å². The van der Waals surface area contributed by atoms with E-state index in [1.54, 1.807) is 0 Å². The van der Waals surface area contributed by atoms with E-state index in [0.717, 1.165) is 30.5 Å². The second kappa shape index (κ2) is 6.23. The molecular formula is C13H18BrNOS. The molecule has 1 aromatic carbocycles. The highest BCUT2D eigenvalue weighted by Crippen LogP contribution is 2.35. The average Bonchev–Trinajstić information content (AvgIpc) is 2.30. The lowest BCUT2D eigenvalue weighted by atomic mass is 10.1. The molecule has 1 heterocycles. The third kappa shape index (κ3) is 3.71. The predicted octanol–water partition coefficient (Wildman–Crippen LogP) is 3.74. The summed E-state index contributed by atoms with van der Waals surface area (Å²) in [4.78, 5) is 1.31. The number of hydrogen-bond donors (Lipinski definition) is 1. The summed E-state index contributed by atoms with van der Waals surface area (Å²) < 4.78 is 6.51. The van der Waals surface area contributed by atoms with E-state index in [4.69, 9.17) is 10.5 Å². The van der Waals surface area contributed by atoms with Crippen LogP contribution in [0.1, 0.15) is 31.4 Å². The molecule has 0 bridgehead atoms. The fraction of sp³-hybridized carbons (Fsp3) is 0.538. The Kier molecular flexibility index (Phi) is 4.91. The summed E-state index contributed by atoms with van der Waals surface area (Å²) in [5, 5.41) is 0.663. The molecule has 0 saturated carbocycles. The molecule has 2 N–H and O–H groups in total. The molecule has 4 heteroatoms. The Morgan fingerprint density at radius 1 is 1.41 bits per heavy atom. The van der Waals surface area contributed by atoms with Crippen molar-refractivity contribution in [1.82, 2.24) is 0 Å². The van der Waals surface area contributed by atoms with E-state index >= 15 is 0 Å². The molecule has 2 nitrogen and oxygen atoms in total. The van der Waals surface area contributed by atoms with Crippen LogP contribution >= 0.6 is 27.7 Å². The standard InChI is InChI=1S/C13H18BrNOS/c1-9(15)12-3-2-10(14)8-13(12)17-11-4-6-16-7-5-11/h2-3,8-9,11H,4-7,15H2,1H3. The molecule has 1 aliphatic heterocycles. The summed E-state index contributed by atoms with van der Waals surface area (Å²) in [6.07, 6.45) is 2.27. The van der Waals surface area contributed by atoms with Crippen LogP contribution < -0.4 is 5.73 Å². The monoisotopic (exact) mass is 315 g/mol. The summed E-state index contributed by atoms with van der Waals surface area (Å²) in [5.74, 6) is 0. The van der Waals surface area contributed by atoms with Crippen LogP contribution in [-0.4, -0.2) is 18.5 Å². The van der Waals surface area contributed by atoms with Gasteiger partial charge in [-0.2, -0.15) is 0 Å². The van der Waals surface area contributed by atoms with E-state index in [1.165, 1.54) is 10.5 Å². The first kappa shape index (κ1) is 13.4. The summed E-state index contributed by atoms with van der Waals surface area (Å²) in [5.41, 5.74) is 7.26. The van der Waals surface area contributed by atoms with Crippen molar-refractivity contribution in [3.63, 3.8) is 0 Å². The number of ether oxygens (including phenoxy) is 1. The minimum Gasteiger partial charge on any atom is -0.381 e. The Morgan fingerprint density at radius 2 is 2.12 bits per heavy atom. The number of thioether (sulfide) groups is 1. The van der Waals surface area contributed by atoms with Gasteiger partial charge in [-0.3, -0.25) is 0 Å². The third-order valence-electron chi connectivity index (χ3n) is 2.93. The van der Waals surface area contributed by atoms with E-state index in [1.807, 2.05) is 18.7 Å². The summed E-state index contributed by atoms with van der Waals surface area (Å²) in [6, 6.07) is 6.45. The number of hydrogen-bond acceptors (Lipinski definition) is 3. The van der Waals surface area contributed by atoms with Crippen LogP contribution in [-0.2, 0) is 4.74 Å². The third-order valence-corrected chi connectivity index (χ3v) is 4.83. The maximum absolute atomic E-state index is 6.02. The molecule has 1 fully saturated rings. The number of benzene rings is 1. The molecule has 1 aliphatic rings. The molecule has 0 spiro atoms. The van der Waals surface area contributed by atoms with Crippen LogP contribution in [0.4, 0.5) is 0 Å². The second-order valence-electron chi connectivity index (χ2n) is 4.40. The van der Waals surface area contributed by atoms with Crippen molar-refractivity contribution in [2.24, 2.45) is 5.73 Å². The molecule has 1 atom stereocenters. The normalized spacial score (nSPS) is 19.2. The number of rotatable bonds is 3. The second-order valence-corrected chi connectivity index (χ2v) is 6.66.